The molecule has 0 radical (unpaired) electrons. The van der Waals surface area contributed by atoms with Gasteiger partial charge < -0.3 is 4.74 Å². The fourth-order valence-electron chi connectivity index (χ4n) is 6.05. The number of nitrogens with zero attached hydrogens (tertiary/aromatic N) is 2. The van der Waals surface area contributed by atoms with Crippen LogP contribution in [0.1, 0.15) is 46.5 Å². The van der Waals surface area contributed by atoms with E-state index in [1.54, 1.807) is 54.6 Å². The number of hydrogen-bond acceptors (Lipinski definition) is 6. The standard InChI is InChI=1S/C35H29BrN2O5/c1-3-21-16-24(36)17-27-28(35(42)43-19-30(39)23-9-5-4-6-10-23)18-29(37-32(21)27)22-12-14-25(15-13-22)38-33(40)26-11-7-8-20(2)31(26)34(38)41/h4-10,12-18,20,26,31H,3,11,19H2,1-2H3. The lowest BCUT2D eigenvalue weighted by atomic mass is 9.78. The van der Waals surface area contributed by atoms with Crippen LogP contribution in [0.2, 0.25) is 0 Å². The normalized spacial score (nSPS) is 19.5. The quantitative estimate of drug-likeness (QED) is 0.0941. The minimum Gasteiger partial charge on any atom is -0.454 e. The Morgan fingerprint density at radius 1 is 1.00 bits per heavy atom. The van der Waals surface area contributed by atoms with E-state index >= 15 is 0 Å². The molecular formula is C35H29BrN2O5. The number of aryl methyl sites for hydroxylation is 1. The van der Waals surface area contributed by atoms with Crippen LogP contribution in [0, 0.1) is 17.8 Å². The molecule has 43 heavy (non-hydrogen) atoms. The third-order valence-corrected chi connectivity index (χ3v) is 8.74. The third kappa shape index (κ3) is 5.31. The molecular weight excluding hydrogens is 608 g/mol. The zero-order chi connectivity index (χ0) is 30.2. The number of hydrogen-bond donors (Lipinski definition) is 0. The van der Waals surface area contributed by atoms with E-state index in [0.29, 0.717) is 46.3 Å². The lowest BCUT2D eigenvalue weighted by Gasteiger charge is -2.22. The summed E-state index contributed by atoms with van der Waals surface area (Å²) in [6.07, 6.45) is 5.24. The number of imide groups is 1. The highest BCUT2D eigenvalue weighted by Crippen LogP contribution is 2.41. The predicted molar refractivity (Wildman–Crippen MR) is 168 cm³/mol. The monoisotopic (exact) mass is 636 g/mol. The number of amides is 2. The number of halogens is 1. The largest absolute Gasteiger partial charge is 0.454 e. The molecule has 2 amide bonds. The molecule has 0 spiro atoms. The molecule has 4 aromatic rings. The first-order valence-electron chi connectivity index (χ1n) is 14.3. The van der Waals surface area contributed by atoms with Gasteiger partial charge in [0.25, 0.3) is 0 Å². The Hall–Kier alpha value is -4.43. The second-order valence-electron chi connectivity index (χ2n) is 10.9. The molecule has 1 fully saturated rings. The summed E-state index contributed by atoms with van der Waals surface area (Å²) in [6.45, 7) is 3.60. The van der Waals surface area contributed by atoms with Crippen molar-refractivity contribution in [3.63, 3.8) is 0 Å². The molecule has 1 aliphatic heterocycles. The van der Waals surface area contributed by atoms with E-state index in [1.807, 2.05) is 44.2 Å². The van der Waals surface area contributed by atoms with Crippen molar-refractivity contribution in [3.05, 3.63) is 106 Å². The SMILES string of the molecule is CCc1cc(Br)cc2c(C(=O)OCC(=O)c3ccccc3)cc(-c3ccc(N4C(=O)C5CC=CC(C)C5C4=O)cc3)nc12. The summed E-state index contributed by atoms with van der Waals surface area (Å²) in [7, 11) is 0. The Morgan fingerprint density at radius 3 is 2.44 bits per heavy atom. The van der Waals surface area contributed by atoms with E-state index in [1.165, 1.54) is 4.90 Å². The highest BCUT2D eigenvalue weighted by Gasteiger charge is 2.50. The number of carbonyl (C=O) groups is 4. The summed E-state index contributed by atoms with van der Waals surface area (Å²) in [4.78, 5) is 58.7. The van der Waals surface area contributed by atoms with Gasteiger partial charge in [-0.1, -0.05) is 84.4 Å². The molecule has 6 rings (SSSR count). The molecule has 0 bridgehead atoms. The molecule has 1 aromatic heterocycles. The zero-order valence-electron chi connectivity index (χ0n) is 23.7. The number of ether oxygens (including phenoxy) is 1. The van der Waals surface area contributed by atoms with Gasteiger partial charge in [-0.05, 0) is 54.7 Å². The zero-order valence-corrected chi connectivity index (χ0v) is 25.3. The predicted octanol–water partition coefficient (Wildman–Crippen LogP) is 6.97. The van der Waals surface area contributed by atoms with Crippen LogP contribution < -0.4 is 4.90 Å². The summed E-state index contributed by atoms with van der Waals surface area (Å²) in [6, 6.07) is 21.2. The number of carbonyl (C=O) groups excluding carboxylic acids is 4. The van der Waals surface area contributed by atoms with Crippen molar-refractivity contribution in [3.8, 4) is 11.3 Å². The molecule has 216 valence electrons. The number of anilines is 1. The van der Waals surface area contributed by atoms with Crippen LogP contribution in [-0.2, 0) is 20.7 Å². The van der Waals surface area contributed by atoms with Gasteiger partial charge in [0.1, 0.15) is 0 Å². The van der Waals surface area contributed by atoms with Crippen molar-refractivity contribution in [2.24, 2.45) is 17.8 Å². The summed E-state index contributed by atoms with van der Waals surface area (Å²) in [5.41, 5.74) is 4.10. The van der Waals surface area contributed by atoms with Gasteiger partial charge in [0, 0.05) is 21.0 Å². The Morgan fingerprint density at radius 2 is 1.74 bits per heavy atom. The van der Waals surface area contributed by atoms with Crippen LogP contribution in [0.4, 0.5) is 5.69 Å². The lowest BCUT2D eigenvalue weighted by molar-refractivity contribution is -0.122. The molecule has 7 nitrogen and oxygen atoms in total. The van der Waals surface area contributed by atoms with Gasteiger partial charge in [-0.3, -0.25) is 19.3 Å². The second kappa shape index (κ2) is 11.7. The van der Waals surface area contributed by atoms with Crippen LogP contribution in [-0.4, -0.2) is 35.2 Å². The number of allylic oxidation sites excluding steroid dienone is 2. The summed E-state index contributed by atoms with van der Waals surface area (Å²) in [5.74, 6) is -1.93. The Balaban J connectivity index is 1.34. The van der Waals surface area contributed by atoms with Gasteiger partial charge in [0.15, 0.2) is 12.4 Å². The minimum atomic E-state index is -0.631. The lowest BCUT2D eigenvalue weighted by Crippen LogP contribution is -2.31. The Kier molecular flexibility index (Phi) is 7.79. The van der Waals surface area contributed by atoms with Crippen LogP contribution >= 0.6 is 15.9 Å². The van der Waals surface area contributed by atoms with E-state index in [4.69, 9.17) is 9.72 Å². The van der Waals surface area contributed by atoms with Gasteiger partial charge in [0.2, 0.25) is 11.8 Å². The molecule has 1 saturated heterocycles. The molecule has 1 aliphatic carbocycles. The molecule has 3 unspecified atom stereocenters. The average Bonchev–Trinajstić information content (AvgIpc) is 3.29. The molecule has 2 heterocycles. The highest BCUT2D eigenvalue weighted by molar-refractivity contribution is 9.10. The Labute approximate surface area is 257 Å². The first-order valence-corrected chi connectivity index (χ1v) is 15.1. The van der Waals surface area contributed by atoms with Crippen LogP contribution in [0.25, 0.3) is 22.2 Å². The number of benzene rings is 3. The number of rotatable bonds is 7. The van der Waals surface area contributed by atoms with Gasteiger partial charge in [0.05, 0.1) is 34.3 Å². The third-order valence-electron chi connectivity index (χ3n) is 8.28. The summed E-state index contributed by atoms with van der Waals surface area (Å²) < 4.78 is 6.30. The van der Waals surface area contributed by atoms with E-state index in [2.05, 4.69) is 15.9 Å². The summed E-state index contributed by atoms with van der Waals surface area (Å²) in [5, 5.41) is 0.613. The number of esters is 1. The van der Waals surface area contributed by atoms with Crippen LogP contribution in [0.5, 0.6) is 0 Å². The van der Waals surface area contributed by atoms with Crippen molar-refractivity contribution < 1.29 is 23.9 Å². The van der Waals surface area contributed by atoms with Crippen molar-refractivity contribution in [1.29, 1.82) is 0 Å². The second-order valence-corrected chi connectivity index (χ2v) is 11.9. The van der Waals surface area contributed by atoms with E-state index < -0.39 is 5.97 Å². The molecule has 3 aromatic carbocycles. The van der Waals surface area contributed by atoms with Crippen molar-refractivity contribution in [2.45, 2.75) is 26.7 Å². The maximum atomic E-state index is 13.4. The number of Topliss-reactive ketones (excluding diaryl/α,β-unsaturated/α-hetero) is 1. The maximum Gasteiger partial charge on any atom is 0.339 e. The number of aromatic nitrogens is 1. The molecule has 0 N–H and O–H groups in total. The van der Waals surface area contributed by atoms with Crippen molar-refractivity contribution >= 4 is 56.1 Å². The van der Waals surface area contributed by atoms with Gasteiger partial charge in [-0.25, -0.2) is 9.78 Å². The minimum absolute atomic E-state index is 0.00948. The van der Waals surface area contributed by atoms with Gasteiger partial charge >= 0.3 is 5.97 Å². The number of ketones is 1. The summed E-state index contributed by atoms with van der Waals surface area (Å²) >= 11 is 3.54. The number of pyridine rings is 1. The van der Waals surface area contributed by atoms with Crippen LogP contribution in [0.15, 0.2) is 89.4 Å². The smallest absolute Gasteiger partial charge is 0.339 e. The molecule has 2 aliphatic rings. The number of fused-ring (bicyclic) bond motifs is 2. The fraction of sp³-hybridized carbons (Fsp3) is 0.229. The van der Waals surface area contributed by atoms with E-state index in [0.717, 1.165) is 10.0 Å². The first-order chi connectivity index (χ1) is 20.8. The van der Waals surface area contributed by atoms with Crippen molar-refractivity contribution in [2.75, 3.05) is 11.5 Å². The highest BCUT2D eigenvalue weighted by atomic mass is 79.9. The van der Waals surface area contributed by atoms with E-state index in [-0.39, 0.29) is 47.5 Å². The van der Waals surface area contributed by atoms with E-state index in [9.17, 15) is 19.2 Å². The maximum absolute atomic E-state index is 13.4. The fourth-order valence-corrected chi connectivity index (χ4v) is 6.55. The van der Waals surface area contributed by atoms with Crippen molar-refractivity contribution in [1.82, 2.24) is 4.98 Å². The van der Waals surface area contributed by atoms with Crippen LogP contribution in [0.3, 0.4) is 0 Å². The Bertz CT molecular complexity index is 1800. The topological polar surface area (TPSA) is 93.6 Å². The average molecular weight is 638 g/mol. The van der Waals surface area contributed by atoms with Gasteiger partial charge in [-0.15, -0.1) is 0 Å². The van der Waals surface area contributed by atoms with Gasteiger partial charge in [-0.2, -0.15) is 0 Å². The molecule has 3 atom stereocenters. The first kappa shape index (κ1) is 28.7. The molecule has 8 heteroatoms. The molecule has 0 saturated carbocycles.